The number of hydrogen-bond donors (Lipinski definition) is 1. The maximum absolute atomic E-state index is 12.4. The molecule has 0 aromatic heterocycles. The average molecular weight is 316 g/mol. The first-order valence-electron chi connectivity index (χ1n) is 7.15. The fourth-order valence-electron chi connectivity index (χ4n) is 2.65. The Hall–Kier alpha value is -1.76. The van der Waals surface area contributed by atoms with Crippen LogP contribution in [0.2, 0.25) is 0 Å². The molecular formula is C15H19F3N2O2. The van der Waals surface area contributed by atoms with Gasteiger partial charge in [0.15, 0.2) is 0 Å². The number of nitrogens with zero attached hydrogens (tertiary/aromatic N) is 1. The number of rotatable bonds is 3. The van der Waals surface area contributed by atoms with Gasteiger partial charge in [0.05, 0.1) is 0 Å². The summed E-state index contributed by atoms with van der Waals surface area (Å²) >= 11 is 0. The number of benzene rings is 1. The van der Waals surface area contributed by atoms with Crippen molar-refractivity contribution in [3.63, 3.8) is 0 Å². The molecule has 1 aromatic rings. The molecule has 2 unspecified atom stereocenters. The molecule has 1 fully saturated rings. The normalized spacial score (nSPS) is 22.5. The smallest absolute Gasteiger partial charge is 0.406 e. The number of hydrogen-bond acceptors (Lipinski definition) is 3. The van der Waals surface area contributed by atoms with E-state index in [1.807, 2.05) is 0 Å². The zero-order chi connectivity index (χ0) is 16.3. The minimum absolute atomic E-state index is 0.187. The molecule has 1 amide bonds. The Morgan fingerprint density at radius 1 is 1.45 bits per heavy atom. The van der Waals surface area contributed by atoms with Crippen molar-refractivity contribution in [3.8, 4) is 5.75 Å². The predicted molar refractivity (Wildman–Crippen MR) is 75.4 cm³/mol. The maximum atomic E-state index is 12.4. The number of ether oxygens (including phenoxy) is 1. The third-order valence-electron chi connectivity index (χ3n) is 4.02. The van der Waals surface area contributed by atoms with E-state index in [9.17, 15) is 18.0 Å². The van der Waals surface area contributed by atoms with E-state index in [0.717, 1.165) is 12.5 Å². The van der Waals surface area contributed by atoms with Gasteiger partial charge in [0.1, 0.15) is 5.75 Å². The Morgan fingerprint density at radius 2 is 2.18 bits per heavy atom. The first-order chi connectivity index (χ1) is 10.3. The molecule has 1 aliphatic rings. The molecule has 0 radical (unpaired) electrons. The lowest BCUT2D eigenvalue weighted by molar-refractivity contribution is -0.274. The monoisotopic (exact) mass is 316 g/mol. The SMILES string of the molecule is CC1CCN(C(=O)c2cccc(OC(F)(F)F)c2)CC1CN. The van der Waals surface area contributed by atoms with Gasteiger partial charge in [0.2, 0.25) is 0 Å². The fourth-order valence-corrected chi connectivity index (χ4v) is 2.65. The number of likely N-dealkylation sites (tertiary alicyclic amines) is 1. The van der Waals surface area contributed by atoms with E-state index >= 15 is 0 Å². The predicted octanol–water partition coefficient (Wildman–Crippen LogP) is 2.64. The highest BCUT2D eigenvalue weighted by atomic mass is 19.4. The summed E-state index contributed by atoms with van der Waals surface area (Å²) in [6.07, 6.45) is -3.93. The fraction of sp³-hybridized carbons (Fsp3) is 0.533. The van der Waals surface area contributed by atoms with Crippen LogP contribution in [0.15, 0.2) is 24.3 Å². The molecule has 2 N–H and O–H groups in total. The first kappa shape index (κ1) is 16.6. The van der Waals surface area contributed by atoms with E-state index in [0.29, 0.717) is 25.6 Å². The van der Waals surface area contributed by atoms with Gasteiger partial charge < -0.3 is 15.4 Å². The van der Waals surface area contributed by atoms with Crippen LogP contribution in [0.5, 0.6) is 5.75 Å². The summed E-state index contributed by atoms with van der Waals surface area (Å²) in [5.41, 5.74) is 5.89. The number of carbonyl (C=O) groups excluding carboxylic acids is 1. The van der Waals surface area contributed by atoms with Crippen LogP contribution < -0.4 is 10.5 Å². The van der Waals surface area contributed by atoms with Gasteiger partial charge in [-0.15, -0.1) is 13.2 Å². The zero-order valence-corrected chi connectivity index (χ0v) is 12.3. The maximum Gasteiger partial charge on any atom is 0.573 e. The number of alkyl halides is 3. The van der Waals surface area contributed by atoms with Crippen LogP contribution in [0.25, 0.3) is 0 Å². The quantitative estimate of drug-likeness (QED) is 0.933. The number of halogens is 3. The van der Waals surface area contributed by atoms with Gasteiger partial charge in [-0.05, 0) is 43.0 Å². The topological polar surface area (TPSA) is 55.6 Å². The molecular weight excluding hydrogens is 297 g/mol. The largest absolute Gasteiger partial charge is 0.573 e. The molecule has 22 heavy (non-hydrogen) atoms. The van der Waals surface area contributed by atoms with Gasteiger partial charge >= 0.3 is 6.36 Å². The van der Waals surface area contributed by atoms with Crippen LogP contribution in [0, 0.1) is 11.8 Å². The minimum atomic E-state index is -4.77. The Morgan fingerprint density at radius 3 is 2.82 bits per heavy atom. The van der Waals surface area contributed by atoms with Crippen molar-refractivity contribution < 1.29 is 22.7 Å². The van der Waals surface area contributed by atoms with Gasteiger partial charge in [0.25, 0.3) is 5.91 Å². The molecule has 2 atom stereocenters. The molecule has 1 aromatic carbocycles. The van der Waals surface area contributed by atoms with Crippen LogP contribution in [0.3, 0.4) is 0 Å². The van der Waals surface area contributed by atoms with Crippen LogP contribution in [-0.4, -0.2) is 36.8 Å². The summed E-state index contributed by atoms with van der Waals surface area (Å²) in [6, 6.07) is 5.15. The Bertz CT molecular complexity index is 534. The summed E-state index contributed by atoms with van der Waals surface area (Å²) in [5.74, 6) is -0.0293. The first-order valence-corrected chi connectivity index (χ1v) is 7.15. The second-order valence-electron chi connectivity index (χ2n) is 5.59. The van der Waals surface area contributed by atoms with Gasteiger partial charge in [-0.2, -0.15) is 0 Å². The minimum Gasteiger partial charge on any atom is -0.406 e. The van der Waals surface area contributed by atoms with Crippen LogP contribution in [0.1, 0.15) is 23.7 Å². The van der Waals surface area contributed by atoms with Gasteiger partial charge in [0, 0.05) is 18.7 Å². The van der Waals surface area contributed by atoms with Crippen LogP contribution in [-0.2, 0) is 0 Å². The van der Waals surface area contributed by atoms with E-state index in [1.165, 1.54) is 18.2 Å². The third kappa shape index (κ3) is 4.13. The Labute approximate surface area is 127 Å². The summed E-state index contributed by atoms with van der Waals surface area (Å²) in [5, 5.41) is 0. The summed E-state index contributed by atoms with van der Waals surface area (Å²) in [7, 11) is 0. The highest BCUT2D eigenvalue weighted by Crippen LogP contribution is 2.26. The lowest BCUT2D eigenvalue weighted by Crippen LogP contribution is -2.45. The van der Waals surface area contributed by atoms with Gasteiger partial charge in [-0.1, -0.05) is 13.0 Å². The molecule has 0 bridgehead atoms. The van der Waals surface area contributed by atoms with Crippen molar-refractivity contribution in [2.24, 2.45) is 17.6 Å². The lowest BCUT2D eigenvalue weighted by atomic mass is 9.87. The third-order valence-corrected chi connectivity index (χ3v) is 4.02. The Balaban J connectivity index is 2.11. The van der Waals surface area contributed by atoms with E-state index < -0.39 is 6.36 Å². The average Bonchev–Trinajstić information content (AvgIpc) is 2.45. The van der Waals surface area contributed by atoms with E-state index in [4.69, 9.17) is 5.73 Å². The summed E-state index contributed by atoms with van der Waals surface area (Å²) in [4.78, 5) is 14.1. The molecule has 7 heteroatoms. The van der Waals surface area contributed by atoms with Crippen molar-refractivity contribution in [1.82, 2.24) is 4.90 Å². The standard InChI is InChI=1S/C15H19F3N2O2/c1-10-5-6-20(9-12(10)8-19)14(21)11-3-2-4-13(7-11)22-15(16,17)18/h2-4,7,10,12H,5-6,8-9,19H2,1H3. The molecule has 0 spiro atoms. The molecule has 0 saturated carbocycles. The number of carbonyl (C=O) groups is 1. The molecule has 1 heterocycles. The van der Waals surface area contributed by atoms with Crippen molar-refractivity contribution in [1.29, 1.82) is 0 Å². The van der Waals surface area contributed by atoms with Crippen molar-refractivity contribution in [3.05, 3.63) is 29.8 Å². The number of amides is 1. The van der Waals surface area contributed by atoms with E-state index in [-0.39, 0.29) is 23.1 Å². The summed E-state index contributed by atoms with van der Waals surface area (Å²) in [6.45, 7) is 3.70. The molecule has 0 aliphatic carbocycles. The molecule has 2 rings (SSSR count). The van der Waals surface area contributed by atoms with Crippen LogP contribution >= 0.6 is 0 Å². The highest BCUT2D eigenvalue weighted by Gasteiger charge is 2.32. The van der Waals surface area contributed by atoms with Crippen molar-refractivity contribution in [2.45, 2.75) is 19.7 Å². The second-order valence-corrected chi connectivity index (χ2v) is 5.59. The van der Waals surface area contributed by atoms with Crippen molar-refractivity contribution in [2.75, 3.05) is 19.6 Å². The summed E-state index contributed by atoms with van der Waals surface area (Å²) < 4.78 is 40.6. The number of nitrogens with two attached hydrogens (primary N) is 1. The van der Waals surface area contributed by atoms with E-state index in [1.54, 1.807) is 4.90 Å². The van der Waals surface area contributed by atoms with Gasteiger partial charge in [-0.3, -0.25) is 4.79 Å². The molecule has 122 valence electrons. The van der Waals surface area contributed by atoms with Crippen LogP contribution in [0.4, 0.5) is 13.2 Å². The second kappa shape index (κ2) is 6.56. The molecule has 1 saturated heterocycles. The van der Waals surface area contributed by atoms with Crippen molar-refractivity contribution >= 4 is 5.91 Å². The lowest BCUT2D eigenvalue weighted by Gasteiger charge is -2.36. The van der Waals surface area contributed by atoms with E-state index in [2.05, 4.69) is 11.7 Å². The zero-order valence-electron chi connectivity index (χ0n) is 12.3. The molecule has 1 aliphatic heterocycles. The molecule has 4 nitrogen and oxygen atoms in total. The Kier molecular flexibility index (Phi) is 4.95. The number of piperidine rings is 1. The van der Waals surface area contributed by atoms with Gasteiger partial charge in [-0.25, -0.2) is 0 Å². The highest BCUT2D eigenvalue weighted by molar-refractivity contribution is 5.94.